The molecule has 0 aliphatic carbocycles. The maximum atomic E-state index is 11.8. The highest BCUT2D eigenvalue weighted by Gasteiger charge is 2.05. The molecule has 18 heavy (non-hydrogen) atoms. The van der Waals surface area contributed by atoms with Crippen LogP contribution in [0.3, 0.4) is 0 Å². The SMILES string of the molecule is Cc1ccccc1CC(=O)NCCc1ncc[nH]1. The molecule has 4 nitrogen and oxygen atoms in total. The Kier molecular flexibility index (Phi) is 4.12. The van der Waals surface area contributed by atoms with Crippen molar-refractivity contribution < 1.29 is 4.79 Å². The number of rotatable bonds is 5. The van der Waals surface area contributed by atoms with E-state index in [1.54, 1.807) is 12.4 Å². The topological polar surface area (TPSA) is 57.8 Å². The Labute approximate surface area is 106 Å². The number of aromatic amines is 1. The van der Waals surface area contributed by atoms with E-state index in [9.17, 15) is 4.79 Å². The number of H-pyrrole nitrogens is 1. The van der Waals surface area contributed by atoms with Gasteiger partial charge in [0.2, 0.25) is 5.91 Å². The summed E-state index contributed by atoms with van der Waals surface area (Å²) in [6.07, 6.45) is 4.66. The van der Waals surface area contributed by atoms with Crippen molar-refractivity contribution >= 4 is 5.91 Å². The second-order valence-corrected chi connectivity index (χ2v) is 4.24. The average molecular weight is 243 g/mol. The number of aromatic nitrogens is 2. The van der Waals surface area contributed by atoms with Crippen LogP contribution in [0, 0.1) is 6.92 Å². The molecule has 0 aliphatic heterocycles. The largest absolute Gasteiger partial charge is 0.355 e. The van der Waals surface area contributed by atoms with Crippen LogP contribution >= 0.6 is 0 Å². The molecule has 2 rings (SSSR count). The second-order valence-electron chi connectivity index (χ2n) is 4.24. The van der Waals surface area contributed by atoms with E-state index in [-0.39, 0.29) is 5.91 Å². The summed E-state index contributed by atoms with van der Waals surface area (Å²) in [6.45, 7) is 2.63. The van der Waals surface area contributed by atoms with Gasteiger partial charge in [-0.2, -0.15) is 0 Å². The van der Waals surface area contributed by atoms with Crippen molar-refractivity contribution in [3.05, 3.63) is 53.6 Å². The molecule has 0 spiro atoms. The van der Waals surface area contributed by atoms with Crippen molar-refractivity contribution in [2.75, 3.05) is 6.54 Å². The summed E-state index contributed by atoms with van der Waals surface area (Å²) < 4.78 is 0. The van der Waals surface area contributed by atoms with Gasteiger partial charge >= 0.3 is 0 Å². The first-order valence-corrected chi connectivity index (χ1v) is 6.05. The molecule has 2 N–H and O–H groups in total. The van der Waals surface area contributed by atoms with Crippen molar-refractivity contribution in [2.24, 2.45) is 0 Å². The normalized spacial score (nSPS) is 10.3. The van der Waals surface area contributed by atoms with Gasteiger partial charge in [0.1, 0.15) is 5.82 Å². The zero-order chi connectivity index (χ0) is 12.8. The van der Waals surface area contributed by atoms with Crippen LogP contribution in [0.5, 0.6) is 0 Å². The Balaban J connectivity index is 1.77. The maximum absolute atomic E-state index is 11.8. The number of imidazole rings is 1. The van der Waals surface area contributed by atoms with Crippen LogP contribution in [0.1, 0.15) is 17.0 Å². The first-order valence-electron chi connectivity index (χ1n) is 6.05. The second kappa shape index (κ2) is 6.00. The summed E-state index contributed by atoms with van der Waals surface area (Å²) in [5.74, 6) is 0.946. The Bertz CT molecular complexity index is 506. The predicted molar refractivity (Wildman–Crippen MR) is 70.2 cm³/mol. The molecule has 4 heteroatoms. The highest BCUT2D eigenvalue weighted by molar-refractivity contribution is 5.78. The van der Waals surface area contributed by atoms with E-state index in [0.717, 1.165) is 23.4 Å². The van der Waals surface area contributed by atoms with Crippen molar-refractivity contribution in [2.45, 2.75) is 19.8 Å². The fraction of sp³-hybridized carbons (Fsp3) is 0.286. The number of hydrogen-bond donors (Lipinski definition) is 2. The molecule has 1 amide bonds. The van der Waals surface area contributed by atoms with E-state index in [1.807, 2.05) is 31.2 Å². The minimum atomic E-state index is 0.0517. The van der Waals surface area contributed by atoms with Gasteiger partial charge < -0.3 is 10.3 Å². The number of nitrogens with zero attached hydrogens (tertiary/aromatic N) is 1. The van der Waals surface area contributed by atoms with Gasteiger partial charge in [-0.1, -0.05) is 24.3 Å². The molecule has 1 aromatic carbocycles. The molecule has 0 saturated carbocycles. The van der Waals surface area contributed by atoms with Gasteiger partial charge in [0.05, 0.1) is 6.42 Å². The molecule has 94 valence electrons. The minimum Gasteiger partial charge on any atom is -0.355 e. The molecule has 0 unspecified atom stereocenters. The lowest BCUT2D eigenvalue weighted by Crippen LogP contribution is -2.27. The molecule has 2 aromatic rings. The number of benzene rings is 1. The quantitative estimate of drug-likeness (QED) is 0.838. The third kappa shape index (κ3) is 3.45. The zero-order valence-electron chi connectivity index (χ0n) is 10.4. The number of carbonyl (C=O) groups excluding carboxylic acids is 1. The van der Waals surface area contributed by atoms with Gasteiger partial charge in [0.15, 0.2) is 0 Å². The molecule has 0 aliphatic rings. The summed E-state index contributed by atoms with van der Waals surface area (Å²) in [5, 5.41) is 2.90. The number of hydrogen-bond acceptors (Lipinski definition) is 2. The smallest absolute Gasteiger partial charge is 0.224 e. The molecular formula is C14H17N3O. The van der Waals surface area contributed by atoms with Crippen LogP contribution in [0.15, 0.2) is 36.7 Å². The summed E-state index contributed by atoms with van der Waals surface area (Å²) in [4.78, 5) is 18.9. The van der Waals surface area contributed by atoms with Crippen molar-refractivity contribution in [1.82, 2.24) is 15.3 Å². The van der Waals surface area contributed by atoms with Gasteiger partial charge in [-0.25, -0.2) is 4.98 Å². The summed E-state index contributed by atoms with van der Waals surface area (Å²) >= 11 is 0. The first kappa shape index (κ1) is 12.4. The van der Waals surface area contributed by atoms with E-state index in [1.165, 1.54) is 0 Å². The molecule has 0 bridgehead atoms. The maximum Gasteiger partial charge on any atom is 0.224 e. The van der Waals surface area contributed by atoms with Gasteiger partial charge in [-0.05, 0) is 18.1 Å². The molecule has 1 aromatic heterocycles. The highest BCUT2D eigenvalue weighted by atomic mass is 16.1. The standard InChI is InChI=1S/C14H17N3O/c1-11-4-2-3-5-12(11)10-14(18)17-7-6-13-15-8-9-16-13/h2-5,8-9H,6-7,10H2,1H3,(H,15,16)(H,17,18). The minimum absolute atomic E-state index is 0.0517. The molecular weight excluding hydrogens is 226 g/mol. The van der Waals surface area contributed by atoms with Crippen molar-refractivity contribution in [1.29, 1.82) is 0 Å². The van der Waals surface area contributed by atoms with Crippen LogP contribution in [-0.2, 0) is 17.6 Å². The van der Waals surface area contributed by atoms with E-state index >= 15 is 0 Å². The van der Waals surface area contributed by atoms with Gasteiger partial charge in [0.25, 0.3) is 0 Å². The summed E-state index contributed by atoms with van der Waals surface area (Å²) in [6, 6.07) is 7.94. The van der Waals surface area contributed by atoms with Crippen LogP contribution < -0.4 is 5.32 Å². The predicted octanol–water partition coefficient (Wildman–Crippen LogP) is 1.62. The third-order valence-electron chi connectivity index (χ3n) is 2.85. The summed E-state index contributed by atoms with van der Waals surface area (Å²) in [7, 11) is 0. The number of amides is 1. The molecule has 0 atom stereocenters. The average Bonchev–Trinajstić information content (AvgIpc) is 2.85. The Morgan fingerprint density at radius 2 is 2.22 bits per heavy atom. The lowest BCUT2D eigenvalue weighted by molar-refractivity contribution is -0.120. The van der Waals surface area contributed by atoms with Crippen molar-refractivity contribution in [3.8, 4) is 0 Å². The van der Waals surface area contributed by atoms with E-state index in [0.29, 0.717) is 13.0 Å². The van der Waals surface area contributed by atoms with Gasteiger partial charge in [-0.15, -0.1) is 0 Å². The van der Waals surface area contributed by atoms with Gasteiger partial charge in [0, 0.05) is 25.4 Å². The fourth-order valence-corrected chi connectivity index (χ4v) is 1.80. The lowest BCUT2D eigenvalue weighted by atomic mass is 10.1. The molecule has 1 heterocycles. The monoisotopic (exact) mass is 243 g/mol. The Hall–Kier alpha value is -2.10. The Morgan fingerprint density at radius 1 is 1.39 bits per heavy atom. The van der Waals surface area contributed by atoms with Crippen LogP contribution in [0.2, 0.25) is 0 Å². The summed E-state index contributed by atoms with van der Waals surface area (Å²) in [5.41, 5.74) is 2.23. The first-order chi connectivity index (χ1) is 8.75. The molecule has 0 fully saturated rings. The Morgan fingerprint density at radius 3 is 2.94 bits per heavy atom. The number of nitrogens with one attached hydrogen (secondary N) is 2. The highest BCUT2D eigenvalue weighted by Crippen LogP contribution is 2.07. The van der Waals surface area contributed by atoms with E-state index < -0.39 is 0 Å². The molecule has 0 radical (unpaired) electrons. The lowest BCUT2D eigenvalue weighted by Gasteiger charge is -2.06. The molecule has 0 saturated heterocycles. The fourth-order valence-electron chi connectivity index (χ4n) is 1.80. The van der Waals surface area contributed by atoms with Crippen molar-refractivity contribution in [3.63, 3.8) is 0 Å². The van der Waals surface area contributed by atoms with Gasteiger partial charge in [-0.3, -0.25) is 4.79 Å². The third-order valence-corrected chi connectivity index (χ3v) is 2.85. The van der Waals surface area contributed by atoms with Crippen LogP contribution in [0.25, 0.3) is 0 Å². The van der Waals surface area contributed by atoms with E-state index in [2.05, 4.69) is 15.3 Å². The number of aryl methyl sites for hydroxylation is 1. The van der Waals surface area contributed by atoms with Crippen LogP contribution in [-0.4, -0.2) is 22.4 Å². The number of carbonyl (C=O) groups is 1. The van der Waals surface area contributed by atoms with Crippen LogP contribution in [0.4, 0.5) is 0 Å². The zero-order valence-corrected chi connectivity index (χ0v) is 10.4. The van der Waals surface area contributed by atoms with E-state index in [4.69, 9.17) is 0 Å².